The summed E-state index contributed by atoms with van der Waals surface area (Å²) in [6.07, 6.45) is -0.365. The molecule has 1 unspecified atom stereocenters. The van der Waals surface area contributed by atoms with E-state index in [1.807, 2.05) is 0 Å². The number of hydrogen-bond donors (Lipinski definition) is 1. The molecule has 0 aliphatic heterocycles. The highest BCUT2D eigenvalue weighted by Gasteiger charge is 2.16. The highest BCUT2D eigenvalue weighted by Crippen LogP contribution is 2.23. The molecule has 0 spiro atoms. The Bertz CT molecular complexity index is 746. The first-order valence-electron chi connectivity index (χ1n) is 7.46. The Balaban J connectivity index is 1.99. The standard InChI is InChI=1S/C18H17ClFNO3/c1-3-17(22)12-4-7-14(8-5-12)24-11(2)18(23)21-16-9-6-13(20)10-15(16)19/h4-11H,3H2,1-2H3,(H,21,23). The molecule has 2 rings (SSSR count). The van der Waals surface area contributed by atoms with Gasteiger partial charge in [-0.05, 0) is 49.4 Å². The molecule has 24 heavy (non-hydrogen) atoms. The molecule has 0 aromatic heterocycles. The summed E-state index contributed by atoms with van der Waals surface area (Å²) in [5.41, 5.74) is 0.905. The zero-order valence-electron chi connectivity index (χ0n) is 13.3. The van der Waals surface area contributed by atoms with Gasteiger partial charge in [0.2, 0.25) is 0 Å². The van der Waals surface area contributed by atoms with Gasteiger partial charge in [-0.1, -0.05) is 18.5 Å². The molecule has 1 N–H and O–H groups in total. The summed E-state index contributed by atoms with van der Waals surface area (Å²) in [5.74, 6) is -0.393. The minimum absolute atomic E-state index is 0.0401. The van der Waals surface area contributed by atoms with E-state index < -0.39 is 17.8 Å². The van der Waals surface area contributed by atoms with Crippen molar-refractivity contribution in [1.29, 1.82) is 0 Å². The predicted molar refractivity (Wildman–Crippen MR) is 91.2 cm³/mol. The average molecular weight is 350 g/mol. The minimum Gasteiger partial charge on any atom is -0.481 e. The molecule has 2 aromatic carbocycles. The predicted octanol–water partition coefficient (Wildman–Crippen LogP) is 4.48. The fraction of sp³-hybridized carbons (Fsp3) is 0.222. The van der Waals surface area contributed by atoms with E-state index >= 15 is 0 Å². The molecule has 1 amide bonds. The molecule has 0 saturated heterocycles. The number of hydrogen-bond acceptors (Lipinski definition) is 3. The molecule has 0 aliphatic carbocycles. The van der Waals surface area contributed by atoms with E-state index in [9.17, 15) is 14.0 Å². The van der Waals surface area contributed by atoms with Crippen molar-refractivity contribution in [2.24, 2.45) is 0 Å². The van der Waals surface area contributed by atoms with Crippen LogP contribution >= 0.6 is 11.6 Å². The zero-order chi connectivity index (χ0) is 17.7. The van der Waals surface area contributed by atoms with Crippen LogP contribution in [0.2, 0.25) is 5.02 Å². The number of carbonyl (C=O) groups is 2. The summed E-state index contributed by atoms with van der Waals surface area (Å²) >= 11 is 5.87. The van der Waals surface area contributed by atoms with Crippen molar-refractivity contribution in [3.8, 4) is 5.75 Å². The van der Waals surface area contributed by atoms with Crippen LogP contribution in [0.15, 0.2) is 42.5 Å². The van der Waals surface area contributed by atoms with E-state index in [0.29, 0.717) is 23.4 Å². The minimum atomic E-state index is -0.793. The van der Waals surface area contributed by atoms with Crippen molar-refractivity contribution in [3.63, 3.8) is 0 Å². The fourth-order valence-electron chi connectivity index (χ4n) is 2.01. The molecule has 2 aromatic rings. The van der Waals surface area contributed by atoms with Gasteiger partial charge in [0.05, 0.1) is 10.7 Å². The number of amides is 1. The molecule has 6 heteroatoms. The Morgan fingerprint density at radius 3 is 2.46 bits per heavy atom. The summed E-state index contributed by atoms with van der Waals surface area (Å²) in [4.78, 5) is 23.7. The second kappa shape index (κ2) is 7.93. The van der Waals surface area contributed by atoms with Crippen molar-refractivity contribution in [2.75, 3.05) is 5.32 Å². The van der Waals surface area contributed by atoms with Crippen molar-refractivity contribution >= 4 is 29.0 Å². The van der Waals surface area contributed by atoms with Gasteiger partial charge in [0.1, 0.15) is 11.6 Å². The Kier molecular flexibility index (Phi) is 5.93. The van der Waals surface area contributed by atoms with Crippen molar-refractivity contribution in [3.05, 3.63) is 58.9 Å². The number of rotatable bonds is 6. The number of benzene rings is 2. The van der Waals surface area contributed by atoms with Crippen LogP contribution in [0.5, 0.6) is 5.75 Å². The summed E-state index contributed by atoms with van der Waals surface area (Å²) in [6, 6.07) is 10.3. The maximum Gasteiger partial charge on any atom is 0.265 e. The maximum absolute atomic E-state index is 13.0. The van der Waals surface area contributed by atoms with Gasteiger partial charge in [-0.15, -0.1) is 0 Å². The molecule has 0 radical (unpaired) electrons. The summed E-state index contributed by atoms with van der Waals surface area (Å²) < 4.78 is 18.5. The van der Waals surface area contributed by atoms with Crippen LogP contribution in [-0.2, 0) is 4.79 Å². The SMILES string of the molecule is CCC(=O)c1ccc(OC(C)C(=O)Nc2ccc(F)cc2Cl)cc1. The van der Waals surface area contributed by atoms with E-state index in [1.54, 1.807) is 38.1 Å². The number of ether oxygens (including phenoxy) is 1. The lowest BCUT2D eigenvalue weighted by atomic mass is 10.1. The second-order valence-electron chi connectivity index (χ2n) is 5.17. The summed E-state index contributed by atoms with van der Waals surface area (Å²) in [5, 5.41) is 2.69. The van der Waals surface area contributed by atoms with Gasteiger partial charge in [0.25, 0.3) is 5.91 Å². The molecular formula is C18H17ClFNO3. The highest BCUT2D eigenvalue weighted by molar-refractivity contribution is 6.33. The van der Waals surface area contributed by atoms with Crippen LogP contribution in [0.1, 0.15) is 30.6 Å². The lowest BCUT2D eigenvalue weighted by Gasteiger charge is -2.15. The Morgan fingerprint density at radius 1 is 1.21 bits per heavy atom. The van der Waals surface area contributed by atoms with Gasteiger partial charge in [-0.3, -0.25) is 9.59 Å². The van der Waals surface area contributed by atoms with E-state index in [-0.39, 0.29) is 10.8 Å². The number of halogens is 2. The van der Waals surface area contributed by atoms with Crippen LogP contribution in [0.3, 0.4) is 0 Å². The Hall–Kier alpha value is -2.40. The molecule has 0 aliphatic rings. The Morgan fingerprint density at radius 2 is 1.88 bits per heavy atom. The zero-order valence-corrected chi connectivity index (χ0v) is 14.1. The smallest absolute Gasteiger partial charge is 0.265 e. The fourth-order valence-corrected chi connectivity index (χ4v) is 2.22. The normalized spacial score (nSPS) is 11.7. The Labute approximate surface area is 144 Å². The largest absolute Gasteiger partial charge is 0.481 e. The van der Waals surface area contributed by atoms with Crippen molar-refractivity contribution < 1.29 is 18.7 Å². The van der Waals surface area contributed by atoms with E-state index in [1.165, 1.54) is 12.1 Å². The molecule has 0 heterocycles. The number of Topliss-reactive ketones (excluding diaryl/α,β-unsaturated/α-hetero) is 1. The van der Waals surface area contributed by atoms with Crippen molar-refractivity contribution in [2.45, 2.75) is 26.4 Å². The number of anilines is 1. The third-order valence-corrected chi connectivity index (χ3v) is 3.68. The van der Waals surface area contributed by atoms with Crippen LogP contribution in [0, 0.1) is 5.82 Å². The lowest BCUT2D eigenvalue weighted by Crippen LogP contribution is -2.30. The molecule has 1 atom stereocenters. The van der Waals surface area contributed by atoms with Crippen molar-refractivity contribution in [1.82, 2.24) is 0 Å². The molecular weight excluding hydrogens is 333 g/mol. The van der Waals surface area contributed by atoms with Gasteiger partial charge in [-0.25, -0.2) is 4.39 Å². The molecule has 4 nitrogen and oxygen atoms in total. The third-order valence-electron chi connectivity index (χ3n) is 3.37. The lowest BCUT2D eigenvalue weighted by molar-refractivity contribution is -0.122. The first kappa shape index (κ1) is 17.9. The second-order valence-corrected chi connectivity index (χ2v) is 5.58. The van der Waals surface area contributed by atoms with Crippen LogP contribution in [0.25, 0.3) is 0 Å². The number of carbonyl (C=O) groups excluding carboxylic acids is 2. The summed E-state index contributed by atoms with van der Waals surface area (Å²) in [7, 11) is 0. The van der Waals surface area contributed by atoms with Gasteiger partial charge in [0.15, 0.2) is 11.9 Å². The van der Waals surface area contributed by atoms with Gasteiger partial charge >= 0.3 is 0 Å². The van der Waals surface area contributed by atoms with E-state index in [0.717, 1.165) is 6.07 Å². The quantitative estimate of drug-likeness (QED) is 0.782. The van der Waals surface area contributed by atoms with Gasteiger partial charge < -0.3 is 10.1 Å². The molecule has 0 bridgehead atoms. The van der Waals surface area contributed by atoms with Gasteiger partial charge in [-0.2, -0.15) is 0 Å². The van der Waals surface area contributed by atoms with Gasteiger partial charge in [0, 0.05) is 12.0 Å². The maximum atomic E-state index is 13.0. The molecule has 0 saturated carbocycles. The monoisotopic (exact) mass is 349 g/mol. The number of ketones is 1. The topological polar surface area (TPSA) is 55.4 Å². The average Bonchev–Trinajstić information content (AvgIpc) is 2.57. The number of nitrogens with one attached hydrogen (secondary N) is 1. The summed E-state index contributed by atoms with van der Waals surface area (Å²) in [6.45, 7) is 3.37. The van der Waals surface area contributed by atoms with Crippen LogP contribution in [0.4, 0.5) is 10.1 Å². The highest BCUT2D eigenvalue weighted by atomic mass is 35.5. The van der Waals surface area contributed by atoms with E-state index in [4.69, 9.17) is 16.3 Å². The third kappa shape index (κ3) is 4.55. The molecule has 0 fully saturated rings. The van der Waals surface area contributed by atoms with Crippen LogP contribution < -0.4 is 10.1 Å². The molecule has 126 valence electrons. The van der Waals surface area contributed by atoms with E-state index in [2.05, 4.69) is 5.32 Å². The van der Waals surface area contributed by atoms with Crippen LogP contribution in [-0.4, -0.2) is 17.8 Å². The first-order valence-corrected chi connectivity index (χ1v) is 7.84. The first-order chi connectivity index (χ1) is 11.4.